The van der Waals surface area contributed by atoms with E-state index in [9.17, 15) is 13.2 Å². The molecule has 0 saturated heterocycles. The van der Waals surface area contributed by atoms with Crippen LogP contribution >= 0.6 is 0 Å². The molecule has 1 N–H and O–H groups in total. The van der Waals surface area contributed by atoms with Crippen LogP contribution < -0.4 is 4.74 Å². The lowest BCUT2D eigenvalue weighted by Crippen LogP contribution is -2.26. The summed E-state index contributed by atoms with van der Waals surface area (Å²) < 4.78 is 34.7. The van der Waals surface area contributed by atoms with Crippen LogP contribution in [0.2, 0.25) is 0 Å². The SMILES string of the molecule is COc1ccc(S(=O)(=O)CCC(C)(C)OC)cc1C(=O)O. The van der Waals surface area contributed by atoms with E-state index in [1.54, 1.807) is 13.8 Å². The van der Waals surface area contributed by atoms with Crippen molar-refractivity contribution >= 4 is 15.8 Å². The first kappa shape index (κ1) is 17.5. The lowest BCUT2D eigenvalue weighted by atomic mass is 10.1. The van der Waals surface area contributed by atoms with Gasteiger partial charge in [0.15, 0.2) is 9.84 Å². The van der Waals surface area contributed by atoms with E-state index in [0.29, 0.717) is 6.42 Å². The van der Waals surface area contributed by atoms with Gasteiger partial charge in [-0.1, -0.05) is 0 Å². The third-order valence-corrected chi connectivity index (χ3v) is 5.00. The minimum atomic E-state index is -3.58. The highest BCUT2D eigenvalue weighted by Crippen LogP contribution is 2.25. The van der Waals surface area contributed by atoms with Gasteiger partial charge in [0.05, 0.1) is 23.4 Å². The smallest absolute Gasteiger partial charge is 0.339 e. The molecule has 0 aliphatic carbocycles. The van der Waals surface area contributed by atoms with Gasteiger partial charge in [-0.15, -0.1) is 0 Å². The molecule has 21 heavy (non-hydrogen) atoms. The highest BCUT2D eigenvalue weighted by molar-refractivity contribution is 7.91. The summed E-state index contributed by atoms with van der Waals surface area (Å²) in [5, 5.41) is 9.09. The number of carbonyl (C=O) groups is 1. The second-order valence-corrected chi connectivity index (χ2v) is 7.31. The Balaban J connectivity index is 3.09. The number of hydrogen-bond donors (Lipinski definition) is 1. The number of benzene rings is 1. The number of sulfone groups is 1. The van der Waals surface area contributed by atoms with Crippen LogP contribution in [0.15, 0.2) is 23.1 Å². The van der Waals surface area contributed by atoms with Crippen molar-refractivity contribution in [3.05, 3.63) is 23.8 Å². The first-order valence-electron chi connectivity index (χ1n) is 6.32. The summed E-state index contributed by atoms with van der Waals surface area (Å²) in [5.74, 6) is -1.24. The zero-order valence-electron chi connectivity index (χ0n) is 12.5. The topological polar surface area (TPSA) is 89.9 Å². The summed E-state index contributed by atoms with van der Waals surface area (Å²) in [6.45, 7) is 3.58. The molecule has 0 radical (unpaired) electrons. The number of carboxylic acids is 1. The molecule has 1 rings (SSSR count). The van der Waals surface area contributed by atoms with E-state index in [1.807, 2.05) is 0 Å². The highest BCUT2D eigenvalue weighted by Gasteiger charge is 2.24. The third kappa shape index (κ3) is 4.44. The van der Waals surface area contributed by atoms with Crippen LogP contribution in [-0.4, -0.2) is 45.1 Å². The predicted octanol–water partition coefficient (Wildman–Crippen LogP) is 1.98. The van der Waals surface area contributed by atoms with Crippen LogP contribution in [0.5, 0.6) is 5.75 Å². The largest absolute Gasteiger partial charge is 0.496 e. The van der Waals surface area contributed by atoms with E-state index in [-0.39, 0.29) is 22.0 Å². The van der Waals surface area contributed by atoms with Crippen molar-refractivity contribution in [2.75, 3.05) is 20.0 Å². The molecule has 0 bridgehead atoms. The average Bonchev–Trinajstić information content (AvgIpc) is 2.44. The molecule has 118 valence electrons. The molecule has 0 fully saturated rings. The summed E-state index contributed by atoms with van der Waals surface area (Å²) in [6.07, 6.45) is 0.306. The summed E-state index contributed by atoms with van der Waals surface area (Å²) in [7, 11) is -0.737. The Hall–Kier alpha value is -1.60. The van der Waals surface area contributed by atoms with Crippen LogP contribution in [0.4, 0.5) is 0 Å². The van der Waals surface area contributed by atoms with Crippen LogP contribution in [0.3, 0.4) is 0 Å². The average molecular weight is 316 g/mol. The Bertz CT molecular complexity index is 618. The number of carboxylic acid groups (broad SMARTS) is 1. The number of methoxy groups -OCH3 is 2. The minimum absolute atomic E-state index is 0.0346. The summed E-state index contributed by atoms with van der Waals surface area (Å²) in [5.41, 5.74) is -0.737. The Labute approximate surface area is 124 Å². The number of aromatic carboxylic acids is 1. The van der Waals surface area contributed by atoms with Gasteiger partial charge in [-0.3, -0.25) is 0 Å². The van der Waals surface area contributed by atoms with E-state index < -0.39 is 21.4 Å². The summed E-state index contributed by atoms with van der Waals surface area (Å²) in [6, 6.07) is 3.81. The fourth-order valence-corrected chi connectivity index (χ4v) is 3.22. The molecule has 1 aromatic rings. The van der Waals surface area contributed by atoms with E-state index >= 15 is 0 Å². The Morgan fingerprint density at radius 1 is 1.29 bits per heavy atom. The highest BCUT2D eigenvalue weighted by atomic mass is 32.2. The van der Waals surface area contributed by atoms with Crippen molar-refractivity contribution in [2.24, 2.45) is 0 Å². The molecule has 6 nitrogen and oxygen atoms in total. The lowest BCUT2D eigenvalue weighted by Gasteiger charge is -2.22. The van der Waals surface area contributed by atoms with Gasteiger partial charge in [0, 0.05) is 7.11 Å². The predicted molar refractivity (Wildman–Crippen MR) is 77.7 cm³/mol. The first-order valence-corrected chi connectivity index (χ1v) is 7.97. The normalized spacial score (nSPS) is 12.2. The van der Waals surface area contributed by atoms with Crippen molar-refractivity contribution in [2.45, 2.75) is 30.8 Å². The standard InChI is InChI=1S/C14H20O6S/c1-14(2,20-4)7-8-21(17,18)10-5-6-12(19-3)11(9-10)13(15)16/h5-6,9H,7-8H2,1-4H3,(H,15,16). The summed E-state index contributed by atoms with van der Waals surface area (Å²) in [4.78, 5) is 11.1. The molecule has 0 amide bonds. The second kappa shape index (κ2) is 6.44. The molecule has 7 heteroatoms. The Morgan fingerprint density at radius 3 is 2.38 bits per heavy atom. The van der Waals surface area contributed by atoms with Crippen molar-refractivity contribution in [3.63, 3.8) is 0 Å². The van der Waals surface area contributed by atoms with Gasteiger partial charge in [-0.2, -0.15) is 0 Å². The zero-order chi connectivity index (χ0) is 16.3. The van der Waals surface area contributed by atoms with Gasteiger partial charge < -0.3 is 14.6 Å². The van der Waals surface area contributed by atoms with Crippen LogP contribution in [0.1, 0.15) is 30.6 Å². The van der Waals surface area contributed by atoms with Gasteiger partial charge >= 0.3 is 5.97 Å². The molecule has 0 aromatic heterocycles. The minimum Gasteiger partial charge on any atom is -0.496 e. The van der Waals surface area contributed by atoms with Gasteiger partial charge in [-0.25, -0.2) is 13.2 Å². The maximum absolute atomic E-state index is 12.3. The van der Waals surface area contributed by atoms with Crippen molar-refractivity contribution in [1.82, 2.24) is 0 Å². The number of hydrogen-bond acceptors (Lipinski definition) is 5. The van der Waals surface area contributed by atoms with Gasteiger partial charge in [0.25, 0.3) is 0 Å². The van der Waals surface area contributed by atoms with Crippen molar-refractivity contribution < 1.29 is 27.8 Å². The summed E-state index contributed by atoms with van der Waals surface area (Å²) >= 11 is 0. The van der Waals surface area contributed by atoms with E-state index in [0.717, 1.165) is 6.07 Å². The quantitative estimate of drug-likeness (QED) is 0.827. The lowest BCUT2D eigenvalue weighted by molar-refractivity contribution is 0.0203. The van der Waals surface area contributed by atoms with Crippen molar-refractivity contribution in [3.8, 4) is 5.75 Å². The third-order valence-electron chi connectivity index (χ3n) is 3.29. The molecule has 0 saturated carbocycles. The fraction of sp³-hybridized carbons (Fsp3) is 0.500. The van der Waals surface area contributed by atoms with Crippen LogP contribution in [0.25, 0.3) is 0 Å². The first-order chi connectivity index (χ1) is 9.63. The van der Waals surface area contributed by atoms with Gasteiger partial charge in [0.1, 0.15) is 11.3 Å². The molecule has 0 aliphatic rings. The molecule has 0 unspecified atom stereocenters. The fourth-order valence-electron chi connectivity index (χ4n) is 1.65. The Kier molecular flexibility index (Phi) is 5.36. The molecule has 0 spiro atoms. The zero-order valence-corrected chi connectivity index (χ0v) is 13.4. The molecule has 1 aromatic carbocycles. The number of ether oxygens (including phenoxy) is 2. The second-order valence-electron chi connectivity index (χ2n) is 5.20. The monoisotopic (exact) mass is 316 g/mol. The molecule has 0 atom stereocenters. The van der Waals surface area contributed by atoms with E-state index in [1.165, 1.54) is 26.4 Å². The number of rotatable bonds is 7. The van der Waals surface area contributed by atoms with E-state index in [4.69, 9.17) is 14.6 Å². The van der Waals surface area contributed by atoms with Crippen LogP contribution in [-0.2, 0) is 14.6 Å². The van der Waals surface area contributed by atoms with Crippen molar-refractivity contribution in [1.29, 1.82) is 0 Å². The molecular weight excluding hydrogens is 296 g/mol. The molecule has 0 heterocycles. The van der Waals surface area contributed by atoms with E-state index in [2.05, 4.69) is 0 Å². The molecule has 0 aliphatic heterocycles. The maximum atomic E-state index is 12.3. The van der Waals surface area contributed by atoms with Crippen LogP contribution in [0, 0.1) is 0 Å². The van der Waals surface area contributed by atoms with Gasteiger partial charge in [-0.05, 0) is 38.5 Å². The Morgan fingerprint density at radius 2 is 1.90 bits per heavy atom. The maximum Gasteiger partial charge on any atom is 0.339 e. The molecular formula is C14H20O6S. The van der Waals surface area contributed by atoms with Gasteiger partial charge in [0.2, 0.25) is 0 Å².